The number of likely N-dealkylation sites (tertiary alicyclic amines) is 1. The second-order valence-corrected chi connectivity index (χ2v) is 18.4. The fourth-order valence-corrected chi connectivity index (χ4v) is 8.80. The van der Waals surface area contributed by atoms with Crippen molar-refractivity contribution in [2.45, 2.75) is 152 Å². The Labute approximate surface area is 323 Å². The Morgan fingerprint density at radius 3 is 2.57 bits per heavy atom. The predicted molar refractivity (Wildman–Crippen MR) is 210 cm³/mol. The van der Waals surface area contributed by atoms with Crippen molar-refractivity contribution in [1.29, 1.82) is 0 Å². The number of allylic oxidation sites excluding steroid dienone is 1. The Kier molecular flexibility index (Phi) is 11.2. The van der Waals surface area contributed by atoms with Gasteiger partial charge in [-0.05, 0) is 102 Å². The molecule has 4 atom stereocenters. The summed E-state index contributed by atoms with van der Waals surface area (Å²) in [6, 6.07) is 6.39. The van der Waals surface area contributed by atoms with Gasteiger partial charge in [-0.1, -0.05) is 57.0 Å². The van der Waals surface area contributed by atoms with Crippen LogP contribution in [0.5, 0.6) is 5.75 Å². The molecule has 5 aliphatic rings. The van der Waals surface area contributed by atoms with E-state index >= 15 is 0 Å². The van der Waals surface area contributed by atoms with Gasteiger partial charge in [0.1, 0.15) is 35.6 Å². The number of aryl methyl sites for hydroxylation is 1. The number of fused-ring (bicyclic) bond motifs is 3. The SMILES string of the molecule is CCCCC/C=C\[C@H](C)C(NC(=O)C1CC2(CCc3c(c(C4CC4)nc4ccccc34)O2)CN1C(=O)CNC(=O)OC1(C)CCC1)C(=O)NSC1(C)CC1. The van der Waals surface area contributed by atoms with E-state index in [0.29, 0.717) is 12.3 Å². The molecule has 292 valence electrons. The molecule has 7 rings (SSSR count). The second-order valence-electron chi connectivity index (χ2n) is 17.0. The number of carbonyl (C=O) groups excluding carboxylic acids is 4. The number of rotatable bonds is 15. The van der Waals surface area contributed by atoms with E-state index in [2.05, 4.69) is 41.3 Å². The van der Waals surface area contributed by atoms with Crippen molar-refractivity contribution >= 4 is 46.7 Å². The van der Waals surface area contributed by atoms with Crippen molar-refractivity contribution in [2.75, 3.05) is 13.1 Å². The highest BCUT2D eigenvalue weighted by Crippen LogP contribution is 2.51. The van der Waals surface area contributed by atoms with Crippen molar-refractivity contribution in [3.63, 3.8) is 0 Å². The smallest absolute Gasteiger partial charge is 0.408 e. The lowest BCUT2D eigenvalue weighted by atomic mass is 9.82. The Hall–Kier alpha value is -3.80. The lowest BCUT2D eigenvalue weighted by Crippen LogP contribution is -2.55. The summed E-state index contributed by atoms with van der Waals surface area (Å²) in [7, 11) is 0. The number of aromatic nitrogens is 1. The molecule has 3 aliphatic carbocycles. The van der Waals surface area contributed by atoms with Crippen molar-refractivity contribution in [3.8, 4) is 5.75 Å². The number of nitrogens with zero attached hydrogens (tertiary/aromatic N) is 2. The minimum atomic E-state index is -0.913. The first-order valence-electron chi connectivity index (χ1n) is 20.2. The molecule has 1 aromatic carbocycles. The van der Waals surface area contributed by atoms with Gasteiger partial charge in [0.25, 0.3) is 5.91 Å². The van der Waals surface area contributed by atoms with Gasteiger partial charge < -0.3 is 25.0 Å². The first kappa shape index (κ1) is 38.5. The highest BCUT2D eigenvalue weighted by Gasteiger charge is 2.53. The normalized spacial score (nSPS) is 24.6. The first-order chi connectivity index (χ1) is 25.9. The number of carbonyl (C=O) groups is 4. The van der Waals surface area contributed by atoms with Crippen LogP contribution in [0, 0.1) is 5.92 Å². The number of pyridine rings is 1. The molecule has 1 aromatic heterocycles. The van der Waals surface area contributed by atoms with Gasteiger partial charge in [-0.15, -0.1) is 0 Å². The molecule has 54 heavy (non-hydrogen) atoms. The van der Waals surface area contributed by atoms with Crippen molar-refractivity contribution in [1.82, 2.24) is 25.2 Å². The average molecular weight is 760 g/mol. The van der Waals surface area contributed by atoms with Gasteiger partial charge in [0.05, 0.1) is 17.8 Å². The van der Waals surface area contributed by atoms with Gasteiger partial charge in [0, 0.05) is 34.0 Å². The van der Waals surface area contributed by atoms with Crippen molar-refractivity contribution in [2.24, 2.45) is 5.92 Å². The molecule has 2 aromatic rings. The molecule has 0 bridgehead atoms. The third-order valence-corrected chi connectivity index (χ3v) is 13.3. The maximum atomic E-state index is 14.5. The molecular formula is C42H57N5O6S. The summed E-state index contributed by atoms with van der Waals surface area (Å²) in [5.41, 5.74) is 1.70. The monoisotopic (exact) mass is 759 g/mol. The van der Waals surface area contributed by atoms with E-state index in [1.165, 1.54) is 16.8 Å². The van der Waals surface area contributed by atoms with Crippen LogP contribution in [0.2, 0.25) is 0 Å². The van der Waals surface area contributed by atoms with Crippen molar-refractivity contribution < 1.29 is 28.7 Å². The summed E-state index contributed by atoms with van der Waals surface area (Å²) in [5.74, 6) is -0.246. The van der Waals surface area contributed by atoms with E-state index in [4.69, 9.17) is 14.5 Å². The zero-order valence-electron chi connectivity index (χ0n) is 32.3. The van der Waals surface area contributed by atoms with Crippen LogP contribution in [0.4, 0.5) is 4.79 Å². The number of unbranched alkanes of at least 4 members (excludes halogenated alkanes) is 3. The van der Waals surface area contributed by atoms with E-state index in [-0.39, 0.29) is 36.1 Å². The van der Waals surface area contributed by atoms with Gasteiger partial charge in [0.15, 0.2) is 0 Å². The number of hydrogen-bond acceptors (Lipinski definition) is 8. The molecule has 2 aliphatic heterocycles. The zero-order valence-corrected chi connectivity index (χ0v) is 33.2. The second kappa shape index (κ2) is 15.7. The summed E-state index contributed by atoms with van der Waals surface area (Å²) in [4.78, 5) is 61.7. The van der Waals surface area contributed by atoms with Crippen LogP contribution >= 0.6 is 11.9 Å². The van der Waals surface area contributed by atoms with Gasteiger partial charge in [-0.3, -0.25) is 19.1 Å². The number of benzene rings is 1. The minimum Gasteiger partial charge on any atom is -0.483 e. The molecule has 1 saturated heterocycles. The highest BCUT2D eigenvalue weighted by molar-refractivity contribution is 7.99. The third kappa shape index (κ3) is 8.68. The molecular weight excluding hydrogens is 703 g/mol. The molecule has 3 N–H and O–H groups in total. The fraction of sp³-hybridized carbons (Fsp3) is 0.643. The van der Waals surface area contributed by atoms with Crippen LogP contribution in [-0.4, -0.2) is 74.8 Å². The van der Waals surface area contributed by atoms with Gasteiger partial charge in [0.2, 0.25) is 11.8 Å². The number of amides is 4. The topological polar surface area (TPSA) is 139 Å². The van der Waals surface area contributed by atoms with E-state index in [9.17, 15) is 19.2 Å². The minimum absolute atomic E-state index is 0.0167. The molecule has 4 amide bonds. The van der Waals surface area contributed by atoms with Crippen LogP contribution < -0.4 is 20.1 Å². The quantitative estimate of drug-likeness (QED) is 0.100. The largest absolute Gasteiger partial charge is 0.483 e. The highest BCUT2D eigenvalue weighted by atomic mass is 32.2. The molecule has 3 saturated carbocycles. The molecule has 11 nitrogen and oxygen atoms in total. The van der Waals surface area contributed by atoms with Gasteiger partial charge in [-0.2, -0.15) is 0 Å². The maximum Gasteiger partial charge on any atom is 0.408 e. The van der Waals surface area contributed by atoms with Crippen LogP contribution in [0.1, 0.15) is 128 Å². The molecule has 0 radical (unpaired) electrons. The zero-order chi connectivity index (χ0) is 38.1. The number of ether oxygens (including phenoxy) is 2. The van der Waals surface area contributed by atoms with Gasteiger partial charge >= 0.3 is 6.09 Å². The molecule has 3 unspecified atom stereocenters. The average Bonchev–Trinajstić information content (AvgIpc) is 4.09. The number of para-hydroxylation sites is 1. The lowest BCUT2D eigenvalue weighted by molar-refractivity contribution is -0.139. The standard InChI is InChI=1S/C42H57N5O6S/c1-5-6-7-8-9-13-27(2)34(38(50)46-54-41(4)22-23-41)45-37(49)32-24-42(26-47(32)33(48)25-43-39(51)53-40(3)19-12-20-40)21-18-30-29-14-10-11-15-31(29)44-35(28-16-17-28)36(30)52-42/h9-11,13-15,27-28,32,34H,5-8,12,16-26H2,1-4H3,(H,43,51)(H,45,49)(H,46,50)/b13-9-/t27-,32?,34?,42?/m0/s1. The van der Waals surface area contributed by atoms with E-state index in [1.54, 1.807) is 0 Å². The van der Waals surface area contributed by atoms with Gasteiger partial charge in [-0.25, -0.2) is 9.78 Å². The van der Waals surface area contributed by atoms with E-state index in [0.717, 1.165) is 105 Å². The van der Waals surface area contributed by atoms with E-state index < -0.39 is 41.2 Å². The predicted octanol–water partition coefficient (Wildman–Crippen LogP) is 7.02. The number of alkyl carbamates (subject to hydrolysis) is 1. The Morgan fingerprint density at radius 1 is 1.09 bits per heavy atom. The van der Waals surface area contributed by atoms with E-state index in [1.807, 2.05) is 38.1 Å². The van der Waals surface area contributed by atoms with Crippen molar-refractivity contribution in [3.05, 3.63) is 47.7 Å². The summed E-state index contributed by atoms with van der Waals surface area (Å²) in [6.45, 7) is 7.98. The van der Waals surface area contributed by atoms with Crippen LogP contribution in [-0.2, 0) is 25.5 Å². The maximum absolute atomic E-state index is 14.5. The number of nitrogens with one attached hydrogen (secondary N) is 3. The lowest BCUT2D eigenvalue weighted by Gasteiger charge is -2.37. The summed E-state index contributed by atoms with van der Waals surface area (Å²) < 4.78 is 15.7. The Bertz CT molecular complexity index is 1790. The van der Waals surface area contributed by atoms with Crippen LogP contribution in [0.25, 0.3) is 10.9 Å². The van der Waals surface area contributed by atoms with Crippen LogP contribution in [0.15, 0.2) is 36.4 Å². The van der Waals surface area contributed by atoms with Crippen LogP contribution in [0.3, 0.4) is 0 Å². The fourth-order valence-electron chi connectivity index (χ4n) is 8.02. The summed E-state index contributed by atoms with van der Waals surface area (Å²) in [5, 5.41) is 6.79. The first-order valence-corrected chi connectivity index (χ1v) is 21.0. The molecule has 3 heterocycles. The Morgan fingerprint density at radius 2 is 1.87 bits per heavy atom. The summed E-state index contributed by atoms with van der Waals surface area (Å²) in [6.07, 6.45) is 16.0. The Balaban J connectivity index is 1.13. The molecule has 1 spiro atoms. The molecule has 12 heteroatoms. The number of hydrogen-bond donors (Lipinski definition) is 3. The molecule has 4 fully saturated rings. The summed E-state index contributed by atoms with van der Waals surface area (Å²) >= 11 is 1.42. The third-order valence-electron chi connectivity index (χ3n) is 12.1.